The number of ether oxygens (including phenoxy) is 1. The molecule has 1 rings (SSSR count). The molecular formula is C11H21NO2S. The molecule has 0 aromatic heterocycles. The van der Waals surface area contributed by atoms with Crippen LogP contribution < -0.4 is 5.32 Å². The molecule has 0 radical (unpaired) electrons. The summed E-state index contributed by atoms with van der Waals surface area (Å²) in [6, 6.07) is 0.117. The molecule has 15 heavy (non-hydrogen) atoms. The Balaban J connectivity index is 2.07. The Bertz CT molecular complexity index is 193. The molecule has 88 valence electrons. The van der Waals surface area contributed by atoms with Crippen LogP contribution in [-0.4, -0.2) is 36.7 Å². The van der Waals surface area contributed by atoms with Gasteiger partial charge in [0.25, 0.3) is 0 Å². The number of carbonyl (C=O) groups is 1. The van der Waals surface area contributed by atoms with Gasteiger partial charge in [0.2, 0.25) is 5.91 Å². The Kier molecular flexibility index (Phi) is 6.10. The van der Waals surface area contributed by atoms with E-state index in [4.69, 9.17) is 4.74 Å². The van der Waals surface area contributed by atoms with Crippen LogP contribution in [0.3, 0.4) is 0 Å². The van der Waals surface area contributed by atoms with Crippen LogP contribution in [0.15, 0.2) is 0 Å². The summed E-state index contributed by atoms with van der Waals surface area (Å²) in [6.45, 7) is 2.54. The summed E-state index contributed by atoms with van der Waals surface area (Å²) < 4.78 is 4.96. The Morgan fingerprint density at radius 3 is 2.80 bits per heavy atom. The van der Waals surface area contributed by atoms with Crippen LogP contribution in [-0.2, 0) is 9.53 Å². The topological polar surface area (TPSA) is 38.3 Å². The number of nitrogens with one attached hydrogen (secondary N) is 1. The molecule has 0 spiro atoms. The lowest BCUT2D eigenvalue weighted by Gasteiger charge is -2.13. The zero-order chi connectivity index (χ0) is 11.1. The van der Waals surface area contributed by atoms with Gasteiger partial charge in [0, 0.05) is 18.4 Å². The molecule has 1 N–H and O–H groups in total. The third-order valence-electron chi connectivity index (χ3n) is 2.58. The van der Waals surface area contributed by atoms with E-state index in [0.717, 1.165) is 0 Å². The Hall–Kier alpha value is -0.220. The van der Waals surface area contributed by atoms with E-state index in [1.54, 1.807) is 18.9 Å². The normalized spacial score (nSPS) is 19.1. The second kappa shape index (κ2) is 7.12. The van der Waals surface area contributed by atoms with Crippen LogP contribution in [0.4, 0.5) is 0 Å². The van der Waals surface area contributed by atoms with Crippen molar-refractivity contribution in [3.63, 3.8) is 0 Å². The first-order valence-electron chi connectivity index (χ1n) is 5.62. The predicted octanol–water partition coefficient (Wildman–Crippen LogP) is 1.81. The number of rotatable bonds is 6. The summed E-state index contributed by atoms with van der Waals surface area (Å²) in [7, 11) is 1.65. The average Bonchev–Trinajstić information content (AvgIpc) is 2.67. The van der Waals surface area contributed by atoms with E-state index >= 15 is 0 Å². The van der Waals surface area contributed by atoms with Crippen molar-refractivity contribution in [1.82, 2.24) is 5.32 Å². The van der Waals surface area contributed by atoms with Gasteiger partial charge in [0.05, 0.1) is 12.4 Å². The lowest BCUT2D eigenvalue weighted by atomic mass is 10.3. The van der Waals surface area contributed by atoms with Gasteiger partial charge < -0.3 is 10.1 Å². The van der Waals surface area contributed by atoms with Gasteiger partial charge in [0.1, 0.15) is 0 Å². The first-order valence-corrected chi connectivity index (χ1v) is 6.67. The van der Waals surface area contributed by atoms with Gasteiger partial charge in [-0.05, 0) is 19.8 Å². The van der Waals surface area contributed by atoms with Gasteiger partial charge >= 0.3 is 0 Å². The minimum absolute atomic E-state index is 0.117. The highest BCUT2D eigenvalue weighted by Gasteiger charge is 2.17. The number of hydrogen-bond acceptors (Lipinski definition) is 3. The van der Waals surface area contributed by atoms with Crippen molar-refractivity contribution in [2.75, 3.05) is 19.5 Å². The quantitative estimate of drug-likeness (QED) is 0.757. The summed E-state index contributed by atoms with van der Waals surface area (Å²) in [5.41, 5.74) is 0. The molecule has 0 bridgehead atoms. The van der Waals surface area contributed by atoms with E-state index in [1.807, 2.05) is 6.92 Å². The summed E-state index contributed by atoms with van der Waals surface area (Å²) >= 11 is 1.80. The summed E-state index contributed by atoms with van der Waals surface area (Å²) in [6.07, 6.45) is 5.23. The maximum atomic E-state index is 11.5. The zero-order valence-corrected chi connectivity index (χ0v) is 10.4. The molecule has 1 atom stereocenters. The lowest BCUT2D eigenvalue weighted by molar-refractivity contribution is -0.119. The van der Waals surface area contributed by atoms with Gasteiger partial charge in [-0.2, -0.15) is 0 Å². The SMILES string of the molecule is COCC(C)NC(=O)CSC1CCCC1. The molecular weight excluding hydrogens is 210 g/mol. The highest BCUT2D eigenvalue weighted by molar-refractivity contribution is 8.00. The van der Waals surface area contributed by atoms with E-state index in [2.05, 4.69) is 5.32 Å². The van der Waals surface area contributed by atoms with Crippen molar-refractivity contribution in [3.05, 3.63) is 0 Å². The molecule has 0 aromatic carbocycles. The lowest BCUT2D eigenvalue weighted by Crippen LogP contribution is -2.36. The number of carbonyl (C=O) groups excluding carboxylic acids is 1. The van der Waals surface area contributed by atoms with Crippen LogP contribution in [0.25, 0.3) is 0 Å². The second-order valence-corrected chi connectivity index (χ2v) is 5.43. The molecule has 1 aliphatic rings. The number of hydrogen-bond donors (Lipinski definition) is 1. The Labute approximate surface area is 96.3 Å². The van der Waals surface area contributed by atoms with E-state index in [-0.39, 0.29) is 11.9 Å². The Morgan fingerprint density at radius 2 is 2.20 bits per heavy atom. The summed E-state index contributed by atoms with van der Waals surface area (Å²) in [4.78, 5) is 11.5. The van der Waals surface area contributed by atoms with Crippen molar-refractivity contribution in [3.8, 4) is 0 Å². The van der Waals surface area contributed by atoms with E-state index in [0.29, 0.717) is 17.6 Å². The molecule has 1 aliphatic carbocycles. The first kappa shape index (κ1) is 12.8. The van der Waals surface area contributed by atoms with E-state index in [9.17, 15) is 4.79 Å². The van der Waals surface area contributed by atoms with Crippen LogP contribution in [0.1, 0.15) is 32.6 Å². The molecule has 0 saturated heterocycles. The third-order valence-corrected chi connectivity index (χ3v) is 3.95. The molecule has 1 unspecified atom stereocenters. The van der Waals surface area contributed by atoms with Gasteiger partial charge in [0.15, 0.2) is 0 Å². The third kappa shape index (κ3) is 5.42. The van der Waals surface area contributed by atoms with Gasteiger partial charge in [-0.25, -0.2) is 0 Å². The van der Waals surface area contributed by atoms with Crippen molar-refractivity contribution in [2.24, 2.45) is 0 Å². The van der Waals surface area contributed by atoms with Gasteiger partial charge in [-0.3, -0.25) is 4.79 Å². The number of methoxy groups -OCH3 is 1. The van der Waals surface area contributed by atoms with Crippen LogP contribution >= 0.6 is 11.8 Å². The van der Waals surface area contributed by atoms with Crippen molar-refractivity contribution >= 4 is 17.7 Å². The second-order valence-electron chi connectivity index (χ2n) is 4.14. The minimum Gasteiger partial charge on any atom is -0.383 e. The molecule has 4 heteroatoms. The largest absolute Gasteiger partial charge is 0.383 e. The number of amides is 1. The van der Waals surface area contributed by atoms with Crippen LogP contribution in [0, 0.1) is 0 Å². The highest BCUT2D eigenvalue weighted by atomic mass is 32.2. The maximum absolute atomic E-state index is 11.5. The standard InChI is InChI=1S/C11H21NO2S/c1-9(7-14-2)12-11(13)8-15-10-5-3-4-6-10/h9-10H,3-8H2,1-2H3,(H,12,13). The Morgan fingerprint density at radius 1 is 1.53 bits per heavy atom. The van der Waals surface area contributed by atoms with Crippen molar-refractivity contribution in [1.29, 1.82) is 0 Å². The number of thioether (sulfide) groups is 1. The van der Waals surface area contributed by atoms with E-state index < -0.39 is 0 Å². The maximum Gasteiger partial charge on any atom is 0.230 e. The molecule has 0 heterocycles. The fourth-order valence-corrected chi connectivity index (χ4v) is 2.99. The minimum atomic E-state index is 0.117. The van der Waals surface area contributed by atoms with Crippen LogP contribution in [0.2, 0.25) is 0 Å². The molecule has 0 aromatic rings. The van der Waals surface area contributed by atoms with Gasteiger partial charge in [-0.15, -0.1) is 11.8 Å². The molecule has 1 fully saturated rings. The average molecular weight is 231 g/mol. The fourth-order valence-electron chi connectivity index (χ4n) is 1.86. The zero-order valence-electron chi connectivity index (χ0n) is 9.62. The monoisotopic (exact) mass is 231 g/mol. The predicted molar refractivity (Wildman–Crippen MR) is 64.2 cm³/mol. The van der Waals surface area contributed by atoms with Crippen molar-refractivity contribution in [2.45, 2.75) is 43.9 Å². The van der Waals surface area contributed by atoms with E-state index in [1.165, 1.54) is 25.7 Å². The molecule has 0 aliphatic heterocycles. The highest BCUT2D eigenvalue weighted by Crippen LogP contribution is 2.28. The van der Waals surface area contributed by atoms with Crippen LogP contribution in [0.5, 0.6) is 0 Å². The van der Waals surface area contributed by atoms with Gasteiger partial charge in [-0.1, -0.05) is 12.8 Å². The smallest absolute Gasteiger partial charge is 0.230 e. The summed E-state index contributed by atoms with van der Waals surface area (Å²) in [5.74, 6) is 0.732. The fraction of sp³-hybridized carbons (Fsp3) is 0.909. The first-order chi connectivity index (χ1) is 7.22. The van der Waals surface area contributed by atoms with Crippen molar-refractivity contribution < 1.29 is 9.53 Å². The molecule has 1 saturated carbocycles. The summed E-state index contributed by atoms with van der Waals surface area (Å²) in [5, 5.41) is 3.64. The molecule has 1 amide bonds. The molecule has 3 nitrogen and oxygen atoms in total.